The molecule has 2 unspecified atom stereocenters. The topological polar surface area (TPSA) is 26.0 Å². The summed E-state index contributed by atoms with van der Waals surface area (Å²) < 4.78 is 0. The molecule has 0 saturated heterocycles. The number of hydrogen-bond donors (Lipinski definition) is 1. The van der Waals surface area contributed by atoms with E-state index in [4.69, 9.17) is 5.73 Å². The molecule has 1 aromatic carbocycles. The van der Waals surface area contributed by atoms with Crippen LogP contribution >= 0.6 is 12.4 Å². The van der Waals surface area contributed by atoms with Crippen molar-refractivity contribution in [1.29, 1.82) is 0 Å². The standard InChI is InChI=1S/C25H45N.ClH/c1-5-7-9-10-11-12-16-20-24(26)25(3,4)23(19-8-6-2)21-22-17-14-13-15-18-22;/h13-15,17-18,23-24H,5-12,16,19-21,26H2,1-4H3;1H. The van der Waals surface area contributed by atoms with Crippen molar-refractivity contribution in [3.05, 3.63) is 35.9 Å². The van der Waals surface area contributed by atoms with E-state index in [9.17, 15) is 0 Å². The largest absolute Gasteiger partial charge is 0.327 e. The summed E-state index contributed by atoms with van der Waals surface area (Å²) in [5.74, 6) is 0.671. The number of unbranched alkanes of at least 4 members (excludes halogenated alkanes) is 7. The van der Waals surface area contributed by atoms with Crippen LogP contribution in [-0.4, -0.2) is 6.04 Å². The third-order valence-corrected chi connectivity index (χ3v) is 6.36. The molecule has 2 atom stereocenters. The van der Waals surface area contributed by atoms with Crippen LogP contribution in [0.3, 0.4) is 0 Å². The molecule has 2 heteroatoms. The van der Waals surface area contributed by atoms with Crippen molar-refractivity contribution in [3.63, 3.8) is 0 Å². The zero-order chi connectivity index (χ0) is 19.3. The SMILES string of the molecule is CCCCCCCCCC(N)C(C)(C)C(CCCC)Cc1ccccc1.Cl. The van der Waals surface area contributed by atoms with Gasteiger partial charge in [0.2, 0.25) is 0 Å². The molecule has 158 valence electrons. The van der Waals surface area contributed by atoms with Gasteiger partial charge >= 0.3 is 0 Å². The summed E-state index contributed by atoms with van der Waals surface area (Å²) in [5.41, 5.74) is 8.40. The van der Waals surface area contributed by atoms with E-state index >= 15 is 0 Å². The highest BCUT2D eigenvalue weighted by Crippen LogP contribution is 2.37. The molecule has 0 spiro atoms. The number of halogens is 1. The maximum Gasteiger partial charge on any atom is 0.00930 e. The molecule has 0 fully saturated rings. The molecular formula is C25H46ClN. The minimum Gasteiger partial charge on any atom is -0.327 e. The minimum absolute atomic E-state index is 0. The number of nitrogens with two attached hydrogens (primary N) is 1. The molecule has 0 bridgehead atoms. The maximum absolute atomic E-state index is 6.74. The second kappa shape index (κ2) is 15.4. The van der Waals surface area contributed by atoms with Gasteiger partial charge in [-0.05, 0) is 36.2 Å². The molecule has 0 radical (unpaired) electrons. The van der Waals surface area contributed by atoms with E-state index in [1.165, 1.54) is 82.6 Å². The van der Waals surface area contributed by atoms with Gasteiger partial charge in [0.25, 0.3) is 0 Å². The van der Waals surface area contributed by atoms with Crippen LogP contribution in [0.15, 0.2) is 30.3 Å². The lowest BCUT2D eigenvalue weighted by Gasteiger charge is -2.40. The summed E-state index contributed by atoms with van der Waals surface area (Å²) in [6.45, 7) is 9.42. The average molecular weight is 396 g/mol. The van der Waals surface area contributed by atoms with Gasteiger partial charge < -0.3 is 5.73 Å². The second-order valence-corrected chi connectivity index (χ2v) is 8.87. The first-order valence-electron chi connectivity index (χ1n) is 11.3. The zero-order valence-electron chi connectivity index (χ0n) is 18.5. The van der Waals surface area contributed by atoms with Gasteiger partial charge in [-0.15, -0.1) is 12.4 Å². The van der Waals surface area contributed by atoms with Crippen molar-refractivity contribution in [3.8, 4) is 0 Å². The van der Waals surface area contributed by atoms with Gasteiger partial charge in [0.05, 0.1) is 0 Å². The fourth-order valence-electron chi connectivity index (χ4n) is 4.08. The molecule has 2 N–H and O–H groups in total. The van der Waals surface area contributed by atoms with Crippen LogP contribution in [0.25, 0.3) is 0 Å². The Hall–Kier alpha value is -0.530. The Balaban J connectivity index is 0.00000676. The van der Waals surface area contributed by atoms with Crippen molar-refractivity contribution >= 4 is 12.4 Å². The number of hydrogen-bond acceptors (Lipinski definition) is 1. The van der Waals surface area contributed by atoms with Crippen molar-refractivity contribution in [2.75, 3.05) is 0 Å². The van der Waals surface area contributed by atoms with E-state index in [2.05, 4.69) is 58.0 Å². The average Bonchev–Trinajstić information content (AvgIpc) is 2.64. The molecule has 1 aromatic rings. The lowest BCUT2D eigenvalue weighted by molar-refractivity contribution is 0.143. The summed E-state index contributed by atoms with van der Waals surface area (Å²) in [7, 11) is 0. The summed E-state index contributed by atoms with van der Waals surface area (Å²) >= 11 is 0. The number of rotatable bonds is 15. The van der Waals surface area contributed by atoms with Gasteiger partial charge in [-0.25, -0.2) is 0 Å². The minimum atomic E-state index is 0. The van der Waals surface area contributed by atoms with Gasteiger partial charge in [0.15, 0.2) is 0 Å². The summed E-state index contributed by atoms with van der Waals surface area (Å²) in [6, 6.07) is 11.3. The predicted molar refractivity (Wildman–Crippen MR) is 125 cm³/mol. The Morgan fingerprint density at radius 2 is 1.33 bits per heavy atom. The third-order valence-electron chi connectivity index (χ3n) is 6.36. The molecule has 27 heavy (non-hydrogen) atoms. The lowest BCUT2D eigenvalue weighted by atomic mass is 9.68. The number of benzene rings is 1. The van der Waals surface area contributed by atoms with Crippen molar-refractivity contribution in [2.45, 2.75) is 111 Å². The van der Waals surface area contributed by atoms with Crippen LogP contribution in [0, 0.1) is 11.3 Å². The van der Waals surface area contributed by atoms with E-state index in [1.807, 2.05) is 0 Å². The summed E-state index contributed by atoms with van der Waals surface area (Å²) in [4.78, 5) is 0. The van der Waals surface area contributed by atoms with Crippen molar-refractivity contribution in [2.24, 2.45) is 17.1 Å². The van der Waals surface area contributed by atoms with E-state index < -0.39 is 0 Å². The Morgan fingerprint density at radius 3 is 1.93 bits per heavy atom. The molecule has 0 aromatic heterocycles. The first-order chi connectivity index (χ1) is 12.5. The molecule has 0 saturated carbocycles. The van der Waals surface area contributed by atoms with Gasteiger partial charge in [0.1, 0.15) is 0 Å². The van der Waals surface area contributed by atoms with E-state index in [0.717, 1.165) is 0 Å². The third kappa shape index (κ3) is 10.5. The van der Waals surface area contributed by atoms with E-state index in [0.29, 0.717) is 12.0 Å². The quantitative estimate of drug-likeness (QED) is 0.299. The first kappa shape index (κ1) is 26.5. The lowest BCUT2D eigenvalue weighted by Crippen LogP contribution is -2.43. The second-order valence-electron chi connectivity index (χ2n) is 8.87. The molecule has 1 rings (SSSR count). The van der Waals surface area contributed by atoms with Crippen molar-refractivity contribution < 1.29 is 0 Å². The molecule has 0 amide bonds. The van der Waals surface area contributed by atoms with Gasteiger partial charge in [-0.2, -0.15) is 0 Å². The Bertz CT molecular complexity index is 443. The Labute approximate surface area is 176 Å². The fourth-order valence-corrected chi connectivity index (χ4v) is 4.08. The highest BCUT2D eigenvalue weighted by Gasteiger charge is 2.34. The van der Waals surface area contributed by atoms with Crippen LogP contribution < -0.4 is 5.73 Å². The first-order valence-corrected chi connectivity index (χ1v) is 11.3. The van der Waals surface area contributed by atoms with Gasteiger partial charge in [-0.3, -0.25) is 0 Å². The highest BCUT2D eigenvalue weighted by molar-refractivity contribution is 5.85. The van der Waals surface area contributed by atoms with Crippen LogP contribution in [0.4, 0.5) is 0 Å². The molecule has 1 nitrogen and oxygen atoms in total. The maximum atomic E-state index is 6.74. The summed E-state index contributed by atoms with van der Waals surface area (Å²) in [6.07, 6.45) is 15.8. The van der Waals surface area contributed by atoms with Crippen molar-refractivity contribution in [1.82, 2.24) is 0 Å². The zero-order valence-corrected chi connectivity index (χ0v) is 19.3. The highest BCUT2D eigenvalue weighted by atomic mass is 35.5. The molecular weight excluding hydrogens is 350 g/mol. The molecule has 0 aliphatic rings. The Morgan fingerprint density at radius 1 is 0.778 bits per heavy atom. The van der Waals surface area contributed by atoms with Crippen LogP contribution in [0.2, 0.25) is 0 Å². The van der Waals surface area contributed by atoms with Gasteiger partial charge in [0, 0.05) is 6.04 Å². The summed E-state index contributed by atoms with van der Waals surface area (Å²) in [5, 5.41) is 0. The van der Waals surface area contributed by atoms with Crippen LogP contribution in [0.5, 0.6) is 0 Å². The van der Waals surface area contributed by atoms with Crippen LogP contribution in [-0.2, 0) is 6.42 Å². The molecule has 0 heterocycles. The predicted octanol–water partition coefficient (Wildman–Crippen LogP) is 7.95. The molecule has 0 aliphatic heterocycles. The van der Waals surface area contributed by atoms with E-state index in [-0.39, 0.29) is 17.8 Å². The fraction of sp³-hybridized carbons (Fsp3) is 0.760. The molecule has 0 aliphatic carbocycles. The Kier molecular flexibility index (Phi) is 15.1. The normalized spacial score (nSPS) is 13.8. The van der Waals surface area contributed by atoms with Crippen LogP contribution in [0.1, 0.15) is 104 Å². The monoisotopic (exact) mass is 395 g/mol. The smallest absolute Gasteiger partial charge is 0.00930 e. The van der Waals surface area contributed by atoms with E-state index in [1.54, 1.807) is 0 Å². The van der Waals surface area contributed by atoms with Gasteiger partial charge in [-0.1, -0.05) is 116 Å².